The lowest BCUT2D eigenvalue weighted by Crippen LogP contribution is -2.33. The van der Waals surface area contributed by atoms with Crippen molar-refractivity contribution < 1.29 is 4.57 Å². The van der Waals surface area contributed by atoms with E-state index in [1.807, 2.05) is 36.7 Å². The molecule has 4 nitrogen and oxygen atoms in total. The second-order valence-corrected chi connectivity index (χ2v) is 10.1. The van der Waals surface area contributed by atoms with Gasteiger partial charge >= 0.3 is 0 Å². The Morgan fingerprint density at radius 1 is 1.12 bits per heavy atom. The van der Waals surface area contributed by atoms with E-state index in [1.54, 1.807) is 23.1 Å². The van der Waals surface area contributed by atoms with Crippen LogP contribution in [0.25, 0.3) is 22.0 Å². The molecule has 0 saturated heterocycles. The molecule has 7 heteroatoms. The van der Waals surface area contributed by atoms with Crippen LogP contribution in [-0.4, -0.2) is 11.6 Å². The third kappa shape index (κ3) is 3.47. The lowest BCUT2D eigenvalue weighted by Gasteiger charge is -2.12. The molecule has 2 aromatic heterocycles. The van der Waals surface area contributed by atoms with Crippen molar-refractivity contribution in [2.75, 3.05) is 11.9 Å². The Balaban J connectivity index is 1.74. The quantitative estimate of drug-likeness (QED) is 0.412. The number of rotatable bonds is 3. The monoisotopic (exact) mass is 480 g/mol. The van der Waals surface area contributed by atoms with Crippen molar-refractivity contribution in [2.24, 2.45) is 0 Å². The molecule has 0 radical (unpaired) electrons. The van der Waals surface area contributed by atoms with Crippen molar-refractivity contribution >= 4 is 62.4 Å². The molecule has 4 aromatic rings. The van der Waals surface area contributed by atoms with E-state index in [-0.39, 0.29) is 5.56 Å². The number of thiazole rings is 1. The van der Waals surface area contributed by atoms with Crippen LogP contribution in [0.1, 0.15) is 19.4 Å². The number of thioether (sulfide) groups is 1. The van der Waals surface area contributed by atoms with E-state index in [0.29, 0.717) is 11.6 Å². The van der Waals surface area contributed by atoms with Gasteiger partial charge in [-0.3, -0.25) is 9.36 Å². The number of pyridine rings is 1. The van der Waals surface area contributed by atoms with Crippen LogP contribution in [0.15, 0.2) is 64.4 Å². The molecule has 0 unspecified atom stereocenters. The first-order chi connectivity index (χ1) is 15.5. The zero-order valence-electron chi connectivity index (χ0n) is 18.1. The summed E-state index contributed by atoms with van der Waals surface area (Å²) in [5.41, 5.74) is 3.41. The maximum Gasteiger partial charge on any atom is 0.271 e. The molecule has 0 bridgehead atoms. The number of fused-ring (bicyclic) bond motifs is 2. The molecule has 162 valence electrons. The highest BCUT2D eigenvalue weighted by atomic mass is 35.5. The van der Waals surface area contributed by atoms with E-state index in [9.17, 15) is 4.79 Å². The lowest BCUT2D eigenvalue weighted by atomic mass is 10.1. The summed E-state index contributed by atoms with van der Waals surface area (Å²) in [4.78, 5) is 16.6. The first kappa shape index (κ1) is 21.3. The smallest absolute Gasteiger partial charge is 0.271 e. The van der Waals surface area contributed by atoms with Crippen LogP contribution in [0.2, 0.25) is 5.02 Å². The largest absolute Gasteiger partial charge is 0.337 e. The minimum atomic E-state index is 0.0564. The highest BCUT2D eigenvalue weighted by Gasteiger charge is 2.25. The molecule has 32 heavy (non-hydrogen) atoms. The Kier molecular flexibility index (Phi) is 5.61. The van der Waals surface area contributed by atoms with Gasteiger partial charge in [-0.2, -0.15) is 4.57 Å². The minimum absolute atomic E-state index is 0.0564. The summed E-state index contributed by atoms with van der Waals surface area (Å²) in [7, 11) is 2.00. The van der Waals surface area contributed by atoms with Gasteiger partial charge < -0.3 is 4.90 Å². The third-order valence-electron chi connectivity index (χ3n) is 5.79. The van der Waals surface area contributed by atoms with Crippen LogP contribution in [0.4, 0.5) is 5.69 Å². The van der Waals surface area contributed by atoms with Gasteiger partial charge in [0.15, 0.2) is 6.20 Å². The minimum Gasteiger partial charge on any atom is -0.337 e. The molecule has 0 N–H and O–H groups in total. The average molecular weight is 481 g/mol. The number of para-hydroxylation sites is 1. The van der Waals surface area contributed by atoms with E-state index in [1.165, 1.54) is 10.9 Å². The molecular weight excluding hydrogens is 458 g/mol. The summed E-state index contributed by atoms with van der Waals surface area (Å²) >= 11 is 9.40. The molecule has 5 rings (SSSR count). The standard InChI is InChI=1S/C25H23ClN3OS2/c1-4-28-13-12-16(18-8-6-7-9-19(18)28)14-22-29(5-2)24(30)23(32-22)25-27(3)20-15-17(26)10-11-21(20)31-25/h6-15H,4-5H2,1-3H3/q+1. The van der Waals surface area contributed by atoms with E-state index < -0.39 is 0 Å². The average Bonchev–Trinajstić information content (AvgIpc) is 3.29. The van der Waals surface area contributed by atoms with Crippen LogP contribution >= 0.6 is 34.7 Å². The molecule has 2 aromatic carbocycles. The zero-order valence-corrected chi connectivity index (χ0v) is 20.5. The Labute approximate surface area is 199 Å². The Hall–Kier alpha value is -2.54. The summed E-state index contributed by atoms with van der Waals surface area (Å²) in [5.74, 6) is 0. The number of hydrogen-bond donors (Lipinski definition) is 0. The van der Waals surface area contributed by atoms with Crippen LogP contribution in [0.3, 0.4) is 0 Å². The van der Waals surface area contributed by atoms with Gasteiger partial charge in [-0.1, -0.05) is 35.5 Å². The predicted molar refractivity (Wildman–Crippen MR) is 136 cm³/mol. The number of nitrogens with zero attached hydrogens (tertiary/aromatic N) is 3. The Bertz CT molecular complexity index is 1540. The molecule has 0 atom stereocenters. The number of hydrogen-bond acceptors (Lipinski definition) is 4. The number of halogens is 1. The van der Waals surface area contributed by atoms with Gasteiger partial charge in [0.05, 0.1) is 15.7 Å². The van der Waals surface area contributed by atoms with Crippen LogP contribution in [-0.2, 0) is 13.1 Å². The van der Waals surface area contributed by atoms with Gasteiger partial charge in [-0.25, -0.2) is 0 Å². The molecule has 3 heterocycles. The SMILES string of the molecule is CCn1c(=Cc2cc[n+](CC)c3ccccc23)sc(=C2Sc3ccc(Cl)cc3N2C)c1=O. The highest BCUT2D eigenvalue weighted by molar-refractivity contribution is 8.08. The fourth-order valence-corrected chi connectivity index (χ4v) is 6.75. The van der Waals surface area contributed by atoms with Crippen molar-refractivity contribution in [3.05, 3.63) is 84.9 Å². The van der Waals surface area contributed by atoms with Gasteiger partial charge in [-0.05, 0) is 49.8 Å². The van der Waals surface area contributed by atoms with Gasteiger partial charge in [0.2, 0.25) is 5.52 Å². The van der Waals surface area contributed by atoms with Gasteiger partial charge in [0.1, 0.15) is 16.1 Å². The summed E-state index contributed by atoms with van der Waals surface area (Å²) in [6.07, 6.45) is 4.26. The van der Waals surface area contributed by atoms with Crippen LogP contribution < -0.4 is 24.2 Å². The molecule has 0 spiro atoms. The molecule has 0 fully saturated rings. The number of aromatic nitrogens is 2. The van der Waals surface area contributed by atoms with Crippen molar-refractivity contribution in [2.45, 2.75) is 31.8 Å². The fourth-order valence-electron chi connectivity index (χ4n) is 4.13. The topological polar surface area (TPSA) is 29.1 Å². The third-order valence-corrected chi connectivity index (χ3v) is 8.51. The van der Waals surface area contributed by atoms with Crippen LogP contribution in [0.5, 0.6) is 0 Å². The van der Waals surface area contributed by atoms with Crippen molar-refractivity contribution in [1.29, 1.82) is 0 Å². The molecule has 0 saturated carbocycles. The summed E-state index contributed by atoms with van der Waals surface area (Å²) in [6, 6.07) is 16.4. The van der Waals surface area contributed by atoms with Crippen molar-refractivity contribution in [3.8, 4) is 0 Å². The Morgan fingerprint density at radius 3 is 2.72 bits per heavy atom. The number of aryl methyl sites for hydroxylation is 1. The van der Waals surface area contributed by atoms with E-state index >= 15 is 0 Å². The second kappa shape index (κ2) is 8.43. The fraction of sp³-hybridized carbons (Fsp3) is 0.200. The second-order valence-electron chi connectivity index (χ2n) is 7.62. The number of benzene rings is 2. The van der Waals surface area contributed by atoms with Crippen LogP contribution in [0, 0.1) is 0 Å². The molecule has 0 aliphatic carbocycles. The first-order valence-electron chi connectivity index (χ1n) is 10.6. The number of anilines is 1. The first-order valence-corrected chi connectivity index (χ1v) is 12.6. The molecule has 1 aliphatic rings. The lowest BCUT2D eigenvalue weighted by molar-refractivity contribution is -0.667. The predicted octanol–water partition coefficient (Wildman–Crippen LogP) is 4.18. The summed E-state index contributed by atoms with van der Waals surface area (Å²) in [6.45, 7) is 5.71. The van der Waals surface area contributed by atoms with Gasteiger partial charge in [0.25, 0.3) is 5.56 Å². The summed E-state index contributed by atoms with van der Waals surface area (Å²) < 4.78 is 5.83. The van der Waals surface area contributed by atoms with Gasteiger partial charge in [0, 0.05) is 35.6 Å². The molecule has 1 aliphatic heterocycles. The summed E-state index contributed by atoms with van der Waals surface area (Å²) in [5, 5.41) is 2.84. The molecule has 0 amide bonds. The zero-order chi connectivity index (χ0) is 22.4. The maximum absolute atomic E-state index is 13.4. The van der Waals surface area contributed by atoms with Crippen molar-refractivity contribution in [1.82, 2.24) is 4.57 Å². The molecular formula is C25H23ClN3OS2+. The normalized spacial score (nSPS) is 15.6. The van der Waals surface area contributed by atoms with E-state index in [2.05, 4.69) is 59.0 Å². The van der Waals surface area contributed by atoms with E-state index in [4.69, 9.17) is 11.6 Å². The van der Waals surface area contributed by atoms with E-state index in [0.717, 1.165) is 36.9 Å². The van der Waals surface area contributed by atoms with Gasteiger partial charge in [-0.15, -0.1) is 11.3 Å². The highest BCUT2D eigenvalue weighted by Crippen LogP contribution is 2.46. The van der Waals surface area contributed by atoms with Crippen molar-refractivity contribution in [3.63, 3.8) is 0 Å². The maximum atomic E-state index is 13.4. The Morgan fingerprint density at radius 2 is 1.94 bits per heavy atom.